The van der Waals surface area contributed by atoms with Crippen LogP contribution in [-0.2, 0) is 6.42 Å². The Labute approximate surface area is 119 Å². The third-order valence-electron chi connectivity index (χ3n) is 3.87. The fraction of sp³-hybridized carbons (Fsp3) is 0.533. The molecule has 3 nitrogen and oxygen atoms in total. The van der Waals surface area contributed by atoms with Gasteiger partial charge in [-0.05, 0) is 57.5 Å². The molecule has 3 rings (SSSR count). The maximum absolute atomic E-state index is 6.12. The molecule has 1 fully saturated rings. The molecule has 0 bridgehead atoms. The van der Waals surface area contributed by atoms with Crippen LogP contribution in [0.3, 0.4) is 0 Å². The van der Waals surface area contributed by atoms with Crippen molar-refractivity contribution < 1.29 is 0 Å². The lowest BCUT2D eigenvalue weighted by Crippen LogP contribution is -2.14. The average molecular weight is 278 g/mol. The second-order valence-corrected chi connectivity index (χ2v) is 6.12. The second kappa shape index (κ2) is 5.14. The number of fused-ring (bicyclic) bond motifs is 1. The van der Waals surface area contributed by atoms with Gasteiger partial charge in [-0.25, -0.2) is 4.98 Å². The lowest BCUT2D eigenvalue weighted by Gasteiger charge is -2.15. The topological polar surface area (TPSA) is 29.9 Å². The summed E-state index contributed by atoms with van der Waals surface area (Å²) in [5, 5.41) is 4.21. The van der Waals surface area contributed by atoms with Gasteiger partial charge in [0.25, 0.3) is 0 Å². The molecule has 0 amide bonds. The summed E-state index contributed by atoms with van der Waals surface area (Å²) < 4.78 is 2.33. The first kappa shape index (κ1) is 12.9. The molecule has 1 aromatic carbocycles. The Morgan fingerprint density at radius 1 is 1.47 bits per heavy atom. The summed E-state index contributed by atoms with van der Waals surface area (Å²) in [6, 6.07) is 6.38. The molecule has 102 valence electrons. The molecule has 4 heteroatoms. The first-order chi connectivity index (χ1) is 9.15. The van der Waals surface area contributed by atoms with Gasteiger partial charge < -0.3 is 9.88 Å². The number of benzene rings is 1. The van der Waals surface area contributed by atoms with E-state index >= 15 is 0 Å². The number of nitrogens with zero attached hydrogens (tertiary/aromatic N) is 2. The van der Waals surface area contributed by atoms with Crippen molar-refractivity contribution in [2.75, 3.05) is 13.1 Å². The number of nitrogens with one attached hydrogen (secondary N) is 1. The molecule has 19 heavy (non-hydrogen) atoms. The number of imidazole rings is 1. The van der Waals surface area contributed by atoms with Gasteiger partial charge in [0.2, 0.25) is 0 Å². The van der Waals surface area contributed by atoms with Crippen LogP contribution in [0.2, 0.25) is 5.02 Å². The zero-order chi connectivity index (χ0) is 13.4. The molecule has 1 aliphatic rings. The quantitative estimate of drug-likeness (QED) is 0.932. The average Bonchev–Trinajstić information content (AvgIpc) is 2.96. The molecule has 0 aliphatic carbocycles. The van der Waals surface area contributed by atoms with Gasteiger partial charge in [0.15, 0.2) is 0 Å². The third-order valence-corrected chi connectivity index (χ3v) is 4.11. The Morgan fingerprint density at radius 2 is 2.32 bits per heavy atom. The van der Waals surface area contributed by atoms with E-state index < -0.39 is 0 Å². The van der Waals surface area contributed by atoms with Crippen molar-refractivity contribution in [3.8, 4) is 0 Å². The van der Waals surface area contributed by atoms with E-state index in [2.05, 4.69) is 23.7 Å². The Morgan fingerprint density at radius 3 is 3.00 bits per heavy atom. The number of hydrogen-bond acceptors (Lipinski definition) is 2. The zero-order valence-corrected chi connectivity index (χ0v) is 12.2. The lowest BCUT2D eigenvalue weighted by molar-refractivity contribution is 0.514. The summed E-state index contributed by atoms with van der Waals surface area (Å²) in [6.07, 6.45) is 2.31. The summed E-state index contributed by atoms with van der Waals surface area (Å²) >= 11 is 6.12. The van der Waals surface area contributed by atoms with E-state index in [1.54, 1.807) is 0 Å². The van der Waals surface area contributed by atoms with Crippen molar-refractivity contribution in [1.29, 1.82) is 0 Å². The van der Waals surface area contributed by atoms with Crippen molar-refractivity contribution in [3.05, 3.63) is 29.0 Å². The minimum atomic E-state index is 0.410. The van der Waals surface area contributed by atoms with Gasteiger partial charge in [0.1, 0.15) is 5.82 Å². The molecule has 1 aromatic heterocycles. The minimum Gasteiger partial charge on any atom is -0.325 e. The van der Waals surface area contributed by atoms with Crippen LogP contribution in [0.25, 0.3) is 11.0 Å². The van der Waals surface area contributed by atoms with Crippen LogP contribution < -0.4 is 5.32 Å². The van der Waals surface area contributed by atoms with Crippen molar-refractivity contribution in [3.63, 3.8) is 0 Å². The molecule has 1 saturated heterocycles. The van der Waals surface area contributed by atoms with Gasteiger partial charge >= 0.3 is 0 Å². The normalized spacial score (nSPS) is 19.7. The summed E-state index contributed by atoms with van der Waals surface area (Å²) in [6.45, 7) is 6.66. The number of aromatic nitrogens is 2. The van der Waals surface area contributed by atoms with Crippen LogP contribution in [0.4, 0.5) is 0 Å². The Hall–Kier alpha value is -1.06. The van der Waals surface area contributed by atoms with Crippen LogP contribution in [-0.4, -0.2) is 22.6 Å². The zero-order valence-electron chi connectivity index (χ0n) is 11.5. The summed E-state index contributed by atoms with van der Waals surface area (Å²) in [7, 11) is 0. The molecular formula is C15H20ClN3. The van der Waals surface area contributed by atoms with Gasteiger partial charge in [-0.3, -0.25) is 0 Å². The van der Waals surface area contributed by atoms with Crippen molar-refractivity contribution in [2.24, 2.45) is 5.92 Å². The molecule has 1 unspecified atom stereocenters. The molecule has 1 aliphatic heterocycles. The van der Waals surface area contributed by atoms with E-state index in [1.165, 1.54) is 12.2 Å². The standard InChI is InChI=1S/C15H20ClN3/c1-10(2)19-14-8-12(16)3-4-13(14)18-15(19)7-11-5-6-17-9-11/h3-4,8,10-11,17H,5-7,9H2,1-2H3. The van der Waals surface area contributed by atoms with Gasteiger partial charge in [-0.2, -0.15) is 0 Å². The molecule has 0 radical (unpaired) electrons. The van der Waals surface area contributed by atoms with Crippen LogP contribution in [0, 0.1) is 5.92 Å². The summed E-state index contributed by atoms with van der Waals surface area (Å²) in [4.78, 5) is 4.82. The molecule has 0 spiro atoms. The monoisotopic (exact) mass is 277 g/mol. The van der Waals surface area contributed by atoms with Gasteiger partial charge in [0.05, 0.1) is 11.0 Å². The predicted molar refractivity (Wildman–Crippen MR) is 79.8 cm³/mol. The Bertz CT molecular complexity index is 582. The molecule has 0 saturated carbocycles. The van der Waals surface area contributed by atoms with E-state index in [0.29, 0.717) is 12.0 Å². The van der Waals surface area contributed by atoms with Crippen molar-refractivity contribution in [1.82, 2.24) is 14.9 Å². The van der Waals surface area contributed by atoms with Crippen LogP contribution in [0.15, 0.2) is 18.2 Å². The Balaban J connectivity index is 2.04. The lowest BCUT2D eigenvalue weighted by atomic mass is 10.0. The predicted octanol–water partition coefficient (Wildman–Crippen LogP) is 3.42. The number of rotatable bonds is 3. The molecule has 1 N–H and O–H groups in total. The van der Waals surface area contributed by atoms with Crippen molar-refractivity contribution in [2.45, 2.75) is 32.7 Å². The fourth-order valence-corrected chi connectivity index (χ4v) is 3.15. The first-order valence-electron chi connectivity index (χ1n) is 7.02. The largest absolute Gasteiger partial charge is 0.325 e. The highest BCUT2D eigenvalue weighted by Gasteiger charge is 2.20. The number of hydrogen-bond donors (Lipinski definition) is 1. The summed E-state index contributed by atoms with van der Waals surface area (Å²) in [5.74, 6) is 1.91. The van der Waals surface area contributed by atoms with Gasteiger partial charge in [-0.15, -0.1) is 0 Å². The molecule has 1 atom stereocenters. The molecule has 2 aromatic rings. The molecule has 2 heterocycles. The van der Waals surface area contributed by atoms with Gasteiger partial charge in [-0.1, -0.05) is 11.6 Å². The highest BCUT2D eigenvalue weighted by Crippen LogP contribution is 2.26. The van der Waals surface area contributed by atoms with Crippen LogP contribution in [0.5, 0.6) is 0 Å². The van der Waals surface area contributed by atoms with E-state index in [4.69, 9.17) is 16.6 Å². The van der Waals surface area contributed by atoms with Crippen molar-refractivity contribution >= 4 is 22.6 Å². The maximum Gasteiger partial charge on any atom is 0.110 e. The Kier molecular flexibility index (Phi) is 3.50. The first-order valence-corrected chi connectivity index (χ1v) is 7.40. The SMILES string of the molecule is CC(C)n1c(CC2CCNC2)nc2ccc(Cl)cc21. The maximum atomic E-state index is 6.12. The third kappa shape index (κ3) is 2.49. The fourth-order valence-electron chi connectivity index (χ4n) is 2.98. The van der Waals surface area contributed by atoms with E-state index in [9.17, 15) is 0 Å². The van der Waals surface area contributed by atoms with Crippen LogP contribution >= 0.6 is 11.6 Å². The molecular weight excluding hydrogens is 258 g/mol. The minimum absolute atomic E-state index is 0.410. The summed E-state index contributed by atoms with van der Waals surface area (Å²) in [5.41, 5.74) is 2.21. The van der Waals surface area contributed by atoms with E-state index in [-0.39, 0.29) is 0 Å². The smallest absolute Gasteiger partial charge is 0.110 e. The second-order valence-electron chi connectivity index (χ2n) is 5.69. The highest BCUT2D eigenvalue weighted by atomic mass is 35.5. The number of halogens is 1. The van der Waals surface area contributed by atoms with Crippen LogP contribution in [0.1, 0.15) is 32.1 Å². The van der Waals surface area contributed by atoms with E-state index in [0.717, 1.165) is 35.6 Å². The van der Waals surface area contributed by atoms with Gasteiger partial charge in [0, 0.05) is 17.5 Å². The highest BCUT2D eigenvalue weighted by molar-refractivity contribution is 6.31. The van der Waals surface area contributed by atoms with E-state index in [1.807, 2.05) is 18.2 Å².